The summed E-state index contributed by atoms with van der Waals surface area (Å²) in [6.07, 6.45) is -6.11. The SMILES string of the molecule is O=C1O[C@H]([C@H](O)CO)C(O)=C1O.O=C1O[C@H]([C@H](O)COS(=O)(=O)c2ccc3nc(-c4ccccc4)[nH]c3c2)C(O)=C1O.O=S(=O)(Cl)c1ccc2nc(-c3ccccc3)[nH]c2c1. The van der Waals surface area contributed by atoms with E-state index in [9.17, 15) is 41.7 Å². The number of ether oxygens (including phenoxy) is 2. The minimum absolute atomic E-state index is 0.0601. The van der Waals surface area contributed by atoms with Crippen LogP contribution < -0.4 is 0 Å². The Morgan fingerprint density at radius 2 is 1.08 bits per heavy atom. The first kappa shape index (κ1) is 44.0. The van der Waals surface area contributed by atoms with Gasteiger partial charge in [-0.2, -0.15) is 8.42 Å². The number of fused-ring (bicyclic) bond motifs is 2. The lowest BCUT2D eigenvalue weighted by molar-refractivity contribution is -0.148. The maximum absolute atomic E-state index is 12.5. The fraction of sp³-hybridized carbons (Fsp3) is 0.158. The van der Waals surface area contributed by atoms with Gasteiger partial charge < -0.3 is 55.2 Å². The van der Waals surface area contributed by atoms with Crippen molar-refractivity contribution in [3.8, 4) is 22.8 Å². The molecule has 0 aliphatic carbocycles. The summed E-state index contributed by atoms with van der Waals surface area (Å²) >= 11 is 0. The summed E-state index contributed by atoms with van der Waals surface area (Å²) in [4.78, 5) is 36.6. The predicted octanol–water partition coefficient (Wildman–Crippen LogP) is 3.30. The van der Waals surface area contributed by atoms with Gasteiger partial charge in [-0.05, 0) is 36.4 Å². The summed E-state index contributed by atoms with van der Waals surface area (Å²) in [5.41, 5.74) is 4.13. The normalized spacial score (nSPS) is 17.6. The molecule has 4 atom stereocenters. The Hall–Kier alpha value is -6.53. The Kier molecular flexibility index (Phi) is 13.0. The zero-order valence-electron chi connectivity index (χ0n) is 30.9. The number of carbonyl (C=O) groups excluding carboxylic acids is 2. The van der Waals surface area contributed by atoms with Crippen molar-refractivity contribution in [1.82, 2.24) is 19.9 Å². The smallest absolute Gasteiger partial charge is 0.377 e. The second kappa shape index (κ2) is 18.0. The Bertz CT molecular complexity index is 2880. The van der Waals surface area contributed by atoms with Crippen molar-refractivity contribution in [1.29, 1.82) is 0 Å². The number of hydrogen-bond acceptors (Lipinski definition) is 18. The third kappa shape index (κ3) is 9.92. The number of hydrogen-bond donors (Lipinski definition) is 9. The summed E-state index contributed by atoms with van der Waals surface area (Å²) < 4.78 is 61.3. The maximum Gasteiger partial charge on any atom is 0.377 e. The molecule has 2 aliphatic heterocycles. The van der Waals surface area contributed by atoms with Crippen LogP contribution in [0.15, 0.2) is 130 Å². The van der Waals surface area contributed by atoms with E-state index in [1.165, 1.54) is 30.3 Å². The number of nitrogens with one attached hydrogen (secondary N) is 2. The summed E-state index contributed by atoms with van der Waals surface area (Å²) in [5, 5.41) is 63.8. The average Bonchev–Trinajstić information content (AvgIpc) is 4.01. The van der Waals surface area contributed by atoms with E-state index < -0.39 is 91.8 Å². The number of cyclic esters (lactones) is 2. The molecule has 0 fully saturated rings. The number of aliphatic hydroxyl groups is 7. The van der Waals surface area contributed by atoms with Crippen molar-refractivity contribution < 1.29 is 75.8 Å². The topological polar surface area (TPSA) is 329 Å². The first-order valence-corrected chi connectivity index (χ1v) is 21.2. The van der Waals surface area contributed by atoms with Crippen molar-refractivity contribution in [3.05, 3.63) is 120 Å². The van der Waals surface area contributed by atoms with Crippen LogP contribution in [0.1, 0.15) is 0 Å². The van der Waals surface area contributed by atoms with Crippen molar-refractivity contribution >= 4 is 63.9 Å². The molecule has 4 aromatic carbocycles. The second-order valence-electron chi connectivity index (χ2n) is 12.9. The van der Waals surface area contributed by atoms with Crippen LogP contribution in [-0.2, 0) is 42.4 Å². The maximum atomic E-state index is 12.5. The van der Waals surface area contributed by atoms with Crippen molar-refractivity contribution in [3.63, 3.8) is 0 Å². The molecular formula is C38H33ClN4O16S2. The van der Waals surface area contributed by atoms with Gasteiger partial charge >= 0.3 is 11.9 Å². The van der Waals surface area contributed by atoms with Gasteiger partial charge in [0.2, 0.25) is 11.5 Å². The number of aromatic amines is 2. The monoisotopic (exact) mass is 900 g/mol. The third-order valence-electron chi connectivity index (χ3n) is 8.73. The van der Waals surface area contributed by atoms with Gasteiger partial charge in [0, 0.05) is 21.8 Å². The number of carbonyl (C=O) groups is 2. The summed E-state index contributed by atoms with van der Waals surface area (Å²) in [6.45, 7) is -1.48. The van der Waals surface area contributed by atoms with Gasteiger partial charge in [-0.15, -0.1) is 0 Å². The molecule has 61 heavy (non-hydrogen) atoms. The molecule has 6 aromatic rings. The van der Waals surface area contributed by atoms with Crippen LogP contribution in [0, 0.1) is 0 Å². The van der Waals surface area contributed by atoms with Crippen LogP contribution in [0.4, 0.5) is 0 Å². The molecule has 0 bridgehead atoms. The summed E-state index contributed by atoms with van der Waals surface area (Å²) in [5.74, 6) is -4.67. The lowest BCUT2D eigenvalue weighted by Crippen LogP contribution is -2.33. The quantitative estimate of drug-likeness (QED) is 0.0541. The van der Waals surface area contributed by atoms with E-state index in [2.05, 4.69) is 29.4 Å². The highest BCUT2D eigenvalue weighted by Gasteiger charge is 2.40. The van der Waals surface area contributed by atoms with Gasteiger partial charge in [0.05, 0.1) is 45.1 Å². The van der Waals surface area contributed by atoms with Gasteiger partial charge in [0.15, 0.2) is 23.7 Å². The molecule has 4 heterocycles. The molecule has 2 aromatic heterocycles. The molecular weight excluding hydrogens is 868 g/mol. The van der Waals surface area contributed by atoms with Gasteiger partial charge in [-0.3, -0.25) is 4.18 Å². The lowest BCUT2D eigenvalue weighted by atomic mass is 10.2. The Balaban J connectivity index is 0.000000171. The molecule has 0 amide bonds. The molecule has 2 aliphatic rings. The molecule has 9 N–H and O–H groups in total. The number of aliphatic hydroxyl groups excluding tert-OH is 7. The third-order valence-corrected chi connectivity index (χ3v) is 11.4. The van der Waals surface area contributed by atoms with Crippen LogP contribution >= 0.6 is 10.7 Å². The second-order valence-corrected chi connectivity index (χ2v) is 17.1. The Morgan fingerprint density at radius 3 is 1.49 bits per heavy atom. The number of esters is 2. The number of imidazole rings is 2. The number of aromatic nitrogens is 4. The zero-order valence-corrected chi connectivity index (χ0v) is 33.2. The molecule has 0 spiro atoms. The molecule has 0 unspecified atom stereocenters. The zero-order chi connectivity index (χ0) is 44.2. The van der Waals surface area contributed by atoms with E-state index in [0.717, 1.165) is 11.1 Å². The van der Waals surface area contributed by atoms with E-state index in [0.29, 0.717) is 33.7 Å². The summed E-state index contributed by atoms with van der Waals surface area (Å²) in [6, 6.07) is 27.6. The van der Waals surface area contributed by atoms with Crippen LogP contribution in [0.5, 0.6) is 0 Å². The highest BCUT2D eigenvalue weighted by Crippen LogP contribution is 2.27. The van der Waals surface area contributed by atoms with E-state index >= 15 is 0 Å². The number of nitrogens with zero attached hydrogens (tertiary/aromatic N) is 2. The van der Waals surface area contributed by atoms with Crippen LogP contribution in [-0.4, -0.2) is 122 Å². The van der Waals surface area contributed by atoms with Crippen molar-refractivity contribution in [2.45, 2.75) is 34.2 Å². The molecule has 20 nitrogen and oxygen atoms in total. The predicted molar refractivity (Wildman–Crippen MR) is 213 cm³/mol. The van der Waals surface area contributed by atoms with Crippen molar-refractivity contribution in [2.75, 3.05) is 13.2 Å². The highest BCUT2D eigenvalue weighted by molar-refractivity contribution is 8.13. The number of halogens is 1. The summed E-state index contributed by atoms with van der Waals surface area (Å²) in [7, 11) is -2.69. The van der Waals surface area contributed by atoms with Crippen molar-refractivity contribution in [2.24, 2.45) is 0 Å². The molecule has 23 heteroatoms. The molecule has 8 rings (SSSR count). The van der Waals surface area contributed by atoms with Crippen LogP contribution in [0.3, 0.4) is 0 Å². The fourth-order valence-electron chi connectivity index (χ4n) is 5.61. The first-order chi connectivity index (χ1) is 28.9. The average molecular weight is 901 g/mol. The molecule has 0 radical (unpaired) electrons. The molecule has 320 valence electrons. The minimum Gasteiger partial charge on any atom is -0.505 e. The number of rotatable bonds is 10. The van der Waals surface area contributed by atoms with E-state index in [1.807, 2.05) is 60.7 Å². The van der Waals surface area contributed by atoms with Gasteiger partial charge in [-0.1, -0.05) is 60.7 Å². The highest BCUT2D eigenvalue weighted by atomic mass is 35.7. The van der Waals surface area contributed by atoms with E-state index in [4.69, 9.17) is 35.3 Å². The molecule has 0 saturated carbocycles. The first-order valence-electron chi connectivity index (χ1n) is 17.5. The lowest BCUT2D eigenvalue weighted by Gasteiger charge is -2.17. The largest absolute Gasteiger partial charge is 0.505 e. The number of benzene rings is 4. The fourth-order valence-corrected chi connectivity index (χ4v) is 7.34. The van der Waals surface area contributed by atoms with Crippen LogP contribution in [0.2, 0.25) is 0 Å². The Morgan fingerprint density at radius 1 is 0.656 bits per heavy atom. The van der Waals surface area contributed by atoms with E-state index in [-0.39, 0.29) is 9.79 Å². The minimum atomic E-state index is -4.28. The molecule has 0 saturated heterocycles. The van der Waals surface area contributed by atoms with Gasteiger partial charge in [-0.25, -0.2) is 28.0 Å². The van der Waals surface area contributed by atoms with Crippen LogP contribution in [0.25, 0.3) is 44.8 Å². The van der Waals surface area contributed by atoms with E-state index in [1.54, 1.807) is 6.07 Å². The van der Waals surface area contributed by atoms with Gasteiger partial charge in [0.1, 0.15) is 23.9 Å². The standard InChI is InChI=1S/C19H16N2O8S.C13H9ClN2O2S.C6H8O6/c22-14(17-15(23)16(24)19(25)29-17)9-28-30(26,27)11-6-7-12-13(8-11)21-18(20-12)10-4-2-1-3-5-10;14-19(17,18)10-6-7-11-12(8-10)16-13(15-11)9-4-2-1-3-5-9;7-1-2(8)5-3(9)4(10)6(11)12-5/h1-8,14,17,22-24H,9H2,(H,20,21);1-8H,(H,15,16);2,5,7-10H,1H2/t14-,17-;;2-,5-/m1.1/s1. The van der Waals surface area contributed by atoms with Gasteiger partial charge in [0.25, 0.3) is 19.2 Å². The number of H-pyrrole nitrogens is 2. The Labute approximate surface area is 348 Å².